The van der Waals surface area contributed by atoms with E-state index in [0.29, 0.717) is 34.7 Å². The quantitative estimate of drug-likeness (QED) is 0.480. The van der Waals surface area contributed by atoms with E-state index in [1.165, 1.54) is 0 Å². The van der Waals surface area contributed by atoms with Crippen molar-refractivity contribution in [3.05, 3.63) is 58.3 Å². The summed E-state index contributed by atoms with van der Waals surface area (Å²) >= 11 is 12.3. The maximum absolute atomic E-state index is 6.16. The number of rotatable bonds is 4. The van der Waals surface area contributed by atoms with Crippen LogP contribution in [0.1, 0.15) is 5.56 Å². The first kappa shape index (κ1) is 19.3. The van der Waals surface area contributed by atoms with Gasteiger partial charge in [0.15, 0.2) is 11.5 Å². The summed E-state index contributed by atoms with van der Waals surface area (Å²) in [7, 11) is 0. The van der Waals surface area contributed by atoms with Gasteiger partial charge in [-0.15, -0.1) is 15.3 Å². The zero-order chi connectivity index (χ0) is 20.7. The minimum Gasteiger partial charge on any atom is -0.373 e. The second kappa shape index (κ2) is 7.86. The Morgan fingerprint density at radius 3 is 2.73 bits per heavy atom. The van der Waals surface area contributed by atoms with Gasteiger partial charge < -0.3 is 9.64 Å². The minimum absolute atomic E-state index is 0.0302. The van der Waals surface area contributed by atoms with Crippen LogP contribution in [-0.2, 0) is 11.3 Å². The first-order valence-corrected chi connectivity index (χ1v) is 10.4. The molecule has 8 nitrogen and oxygen atoms in total. The molecule has 30 heavy (non-hydrogen) atoms. The van der Waals surface area contributed by atoms with E-state index >= 15 is 0 Å². The lowest BCUT2D eigenvalue weighted by atomic mass is 10.2. The van der Waals surface area contributed by atoms with Gasteiger partial charge in [0.05, 0.1) is 25.5 Å². The van der Waals surface area contributed by atoms with Crippen molar-refractivity contribution >= 4 is 34.7 Å². The second-order valence-electron chi connectivity index (χ2n) is 7.32. The van der Waals surface area contributed by atoms with E-state index in [-0.39, 0.29) is 6.10 Å². The summed E-state index contributed by atoms with van der Waals surface area (Å²) in [5, 5.41) is 18.7. The molecule has 0 aliphatic carbocycles. The fraction of sp³-hybridized carbons (Fsp3) is 0.300. The topological polar surface area (TPSA) is 73.4 Å². The number of benzene rings is 1. The van der Waals surface area contributed by atoms with E-state index in [1.807, 2.05) is 36.1 Å². The molecule has 0 radical (unpaired) electrons. The van der Waals surface area contributed by atoms with Crippen LogP contribution in [0.4, 0.5) is 5.82 Å². The normalized spacial score (nSPS) is 17.0. The molecule has 3 aromatic heterocycles. The molecule has 10 heteroatoms. The molecule has 1 fully saturated rings. The van der Waals surface area contributed by atoms with Crippen molar-refractivity contribution in [2.45, 2.75) is 19.6 Å². The number of aryl methyl sites for hydroxylation is 1. The highest BCUT2D eigenvalue weighted by molar-refractivity contribution is 6.35. The lowest BCUT2D eigenvalue weighted by Crippen LogP contribution is -2.44. The van der Waals surface area contributed by atoms with Gasteiger partial charge in [0.1, 0.15) is 5.82 Å². The Hall–Kier alpha value is -2.68. The first-order chi connectivity index (χ1) is 14.5. The van der Waals surface area contributed by atoms with Gasteiger partial charge in [0.25, 0.3) is 0 Å². The van der Waals surface area contributed by atoms with E-state index < -0.39 is 0 Å². The summed E-state index contributed by atoms with van der Waals surface area (Å²) in [6.07, 6.45) is 3.90. The molecule has 4 heterocycles. The number of fused-ring (bicyclic) bond motifs is 1. The Bertz CT molecular complexity index is 1180. The molecule has 1 saturated heterocycles. The number of anilines is 1. The van der Waals surface area contributed by atoms with E-state index in [4.69, 9.17) is 33.0 Å². The van der Waals surface area contributed by atoms with Crippen LogP contribution in [-0.4, -0.2) is 55.4 Å². The summed E-state index contributed by atoms with van der Waals surface area (Å²) in [5.74, 6) is 1.43. The Balaban J connectivity index is 1.43. The summed E-state index contributed by atoms with van der Waals surface area (Å²) in [5.41, 5.74) is 2.55. The molecule has 1 unspecified atom stereocenters. The van der Waals surface area contributed by atoms with Gasteiger partial charge in [-0.25, -0.2) is 0 Å². The van der Waals surface area contributed by atoms with Crippen LogP contribution in [0.2, 0.25) is 10.0 Å². The fourth-order valence-corrected chi connectivity index (χ4v) is 4.15. The van der Waals surface area contributed by atoms with Crippen LogP contribution in [0.5, 0.6) is 0 Å². The lowest BCUT2D eigenvalue weighted by Gasteiger charge is -2.33. The Kier molecular flexibility index (Phi) is 5.06. The van der Waals surface area contributed by atoms with Gasteiger partial charge in [-0.2, -0.15) is 9.61 Å². The van der Waals surface area contributed by atoms with Gasteiger partial charge in [-0.3, -0.25) is 4.68 Å². The van der Waals surface area contributed by atoms with Crippen molar-refractivity contribution in [1.29, 1.82) is 0 Å². The molecule has 0 N–H and O–H groups in total. The number of nitrogens with zero attached hydrogens (tertiary/aromatic N) is 7. The molecule has 0 bridgehead atoms. The second-order valence-corrected chi connectivity index (χ2v) is 8.19. The van der Waals surface area contributed by atoms with Crippen LogP contribution in [0.25, 0.3) is 17.0 Å². The van der Waals surface area contributed by atoms with Crippen molar-refractivity contribution in [1.82, 2.24) is 29.6 Å². The van der Waals surface area contributed by atoms with Crippen LogP contribution < -0.4 is 4.90 Å². The summed E-state index contributed by atoms with van der Waals surface area (Å²) in [6.45, 7) is 4.83. The van der Waals surface area contributed by atoms with Crippen molar-refractivity contribution in [2.24, 2.45) is 0 Å². The highest BCUT2D eigenvalue weighted by atomic mass is 35.5. The molecule has 154 valence electrons. The number of hydrogen-bond donors (Lipinski definition) is 0. The minimum atomic E-state index is 0.0302. The standard InChI is InChI=1S/C20H19Cl2N7O/c1-13-9-23-28(10-13)12-17-11-27(4-5-30-17)19-3-2-18-24-25-20(29(18)26-19)14-6-15(21)8-16(22)7-14/h2-3,6-10,17H,4-5,11-12H2,1H3. The van der Waals surface area contributed by atoms with Crippen molar-refractivity contribution in [2.75, 3.05) is 24.6 Å². The molecule has 1 aliphatic rings. The zero-order valence-corrected chi connectivity index (χ0v) is 17.8. The maximum atomic E-state index is 6.16. The van der Waals surface area contributed by atoms with Crippen molar-refractivity contribution < 1.29 is 4.74 Å². The van der Waals surface area contributed by atoms with Crippen molar-refractivity contribution in [3.63, 3.8) is 0 Å². The van der Waals surface area contributed by atoms with Crippen LogP contribution in [0.3, 0.4) is 0 Å². The molecule has 1 aliphatic heterocycles. The highest BCUT2D eigenvalue weighted by Crippen LogP contribution is 2.27. The largest absolute Gasteiger partial charge is 0.373 e. The average molecular weight is 444 g/mol. The molecule has 1 aromatic carbocycles. The van der Waals surface area contributed by atoms with Gasteiger partial charge in [-0.05, 0) is 42.8 Å². The third-order valence-corrected chi connectivity index (χ3v) is 5.42. The van der Waals surface area contributed by atoms with E-state index in [9.17, 15) is 0 Å². The molecular weight excluding hydrogens is 425 g/mol. The Morgan fingerprint density at radius 2 is 1.97 bits per heavy atom. The number of ether oxygens (including phenoxy) is 1. The summed E-state index contributed by atoms with van der Waals surface area (Å²) in [6, 6.07) is 9.15. The van der Waals surface area contributed by atoms with Gasteiger partial charge >= 0.3 is 0 Å². The number of halogens is 2. The third-order valence-electron chi connectivity index (χ3n) is 4.99. The lowest BCUT2D eigenvalue weighted by molar-refractivity contribution is 0.0271. The summed E-state index contributed by atoms with van der Waals surface area (Å²) in [4.78, 5) is 2.21. The molecular formula is C20H19Cl2N7O. The number of aromatic nitrogens is 6. The summed E-state index contributed by atoms with van der Waals surface area (Å²) < 4.78 is 9.58. The molecule has 0 spiro atoms. The SMILES string of the molecule is Cc1cnn(CC2CN(c3ccc4nnc(-c5cc(Cl)cc(Cl)c5)n4n3)CCO2)c1. The first-order valence-electron chi connectivity index (χ1n) is 9.60. The van der Waals surface area contributed by atoms with Gasteiger partial charge in [-0.1, -0.05) is 23.2 Å². The molecule has 0 amide bonds. The van der Waals surface area contributed by atoms with Gasteiger partial charge in [0, 0.05) is 34.9 Å². The molecule has 5 rings (SSSR count). The monoisotopic (exact) mass is 443 g/mol. The van der Waals surface area contributed by atoms with E-state index in [2.05, 4.69) is 20.2 Å². The molecule has 1 atom stereocenters. The average Bonchev–Trinajstić information content (AvgIpc) is 3.33. The highest BCUT2D eigenvalue weighted by Gasteiger charge is 2.23. The van der Waals surface area contributed by atoms with Crippen LogP contribution in [0.15, 0.2) is 42.7 Å². The fourth-order valence-electron chi connectivity index (χ4n) is 3.62. The van der Waals surface area contributed by atoms with E-state index in [1.54, 1.807) is 22.7 Å². The molecule has 4 aromatic rings. The number of morpholine rings is 1. The zero-order valence-electron chi connectivity index (χ0n) is 16.2. The predicted molar refractivity (Wildman–Crippen MR) is 115 cm³/mol. The van der Waals surface area contributed by atoms with E-state index in [0.717, 1.165) is 30.0 Å². The predicted octanol–water partition coefficient (Wildman–Crippen LogP) is 3.51. The Morgan fingerprint density at radius 1 is 1.13 bits per heavy atom. The van der Waals surface area contributed by atoms with Gasteiger partial charge in [0.2, 0.25) is 0 Å². The number of hydrogen-bond acceptors (Lipinski definition) is 6. The van der Waals surface area contributed by atoms with Crippen LogP contribution in [0, 0.1) is 6.92 Å². The van der Waals surface area contributed by atoms with Crippen LogP contribution >= 0.6 is 23.2 Å². The molecule has 0 saturated carbocycles. The smallest absolute Gasteiger partial charge is 0.185 e. The maximum Gasteiger partial charge on any atom is 0.185 e. The third kappa shape index (κ3) is 3.86. The Labute approximate surface area is 183 Å². The van der Waals surface area contributed by atoms with Crippen molar-refractivity contribution in [3.8, 4) is 11.4 Å².